The van der Waals surface area contributed by atoms with E-state index in [0.717, 1.165) is 12.8 Å². The van der Waals surface area contributed by atoms with Gasteiger partial charge < -0.3 is 4.74 Å². The normalized spacial score (nSPS) is 18.0. The summed E-state index contributed by atoms with van der Waals surface area (Å²) in [4.78, 5) is 0. The summed E-state index contributed by atoms with van der Waals surface area (Å²) in [7, 11) is 0. The fourth-order valence-electron chi connectivity index (χ4n) is 2.15. The molecular formula is C15H21Cl5O. The zero-order valence-electron chi connectivity index (χ0n) is 12.2. The van der Waals surface area contributed by atoms with E-state index in [2.05, 4.69) is 6.92 Å². The van der Waals surface area contributed by atoms with Gasteiger partial charge in [-0.05, 0) is 6.42 Å². The Labute approximate surface area is 152 Å². The minimum Gasteiger partial charge on any atom is -0.350 e. The lowest BCUT2D eigenvalue weighted by molar-refractivity contribution is 0.0783. The number of hydrogen-bond donors (Lipinski definition) is 0. The summed E-state index contributed by atoms with van der Waals surface area (Å²) in [6.45, 7) is 2.69. The molecule has 0 amide bonds. The van der Waals surface area contributed by atoms with Gasteiger partial charge in [0.15, 0.2) is 0 Å². The van der Waals surface area contributed by atoms with Crippen molar-refractivity contribution in [2.45, 2.75) is 63.4 Å². The molecule has 0 spiro atoms. The Morgan fingerprint density at radius 1 is 0.762 bits per heavy atom. The van der Waals surface area contributed by atoms with E-state index in [4.69, 9.17) is 62.7 Å². The molecule has 0 atom stereocenters. The molecule has 21 heavy (non-hydrogen) atoms. The van der Waals surface area contributed by atoms with E-state index in [9.17, 15) is 0 Å². The van der Waals surface area contributed by atoms with E-state index in [1.165, 1.54) is 38.5 Å². The Morgan fingerprint density at radius 2 is 1.19 bits per heavy atom. The monoisotopic (exact) mass is 392 g/mol. The van der Waals surface area contributed by atoms with Crippen LogP contribution in [0.1, 0.15) is 58.3 Å². The standard InChI is InChI=1S/C15H21Cl5O/c1-2-3-4-5-6-7-8-9-10-21-15(20)13(18)11(16)12(17)14(15)19/h2-10H2,1H3. The minimum absolute atomic E-state index is 0.139. The zero-order valence-corrected chi connectivity index (χ0v) is 15.9. The van der Waals surface area contributed by atoms with E-state index in [1.54, 1.807) is 0 Å². The van der Waals surface area contributed by atoms with Crippen LogP contribution in [0.5, 0.6) is 0 Å². The number of rotatable bonds is 10. The summed E-state index contributed by atoms with van der Waals surface area (Å²) in [6, 6.07) is 0. The van der Waals surface area contributed by atoms with Gasteiger partial charge >= 0.3 is 0 Å². The Bertz CT molecular complexity index is 379. The van der Waals surface area contributed by atoms with Crippen LogP contribution in [0, 0.1) is 0 Å². The van der Waals surface area contributed by atoms with Gasteiger partial charge in [-0.15, -0.1) is 0 Å². The average Bonchev–Trinajstić information content (AvgIpc) is 2.62. The third-order valence-corrected chi connectivity index (χ3v) is 6.08. The molecule has 0 fully saturated rings. The molecule has 0 heterocycles. The zero-order chi connectivity index (χ0) is 15.9. The SMILES string of the molecule is CCCCCCCCCCOC1(Cl)C(Cl)=C(Cl)C(Cl)=C1Cl. The molecule has 0 N–H and O–H groups in total. The van der Waals surface area contributed by atoms with Crippen molar-refractivity contribution < 1.29 is 4.74 Å². The summed E-state index contributed by atoms with van der Waals surface area (Å²) in [5, 5.41) is -0.803. The van der Waals surface area contributed by atoms with Crippen molar-refractivity contribution in [2.75, 3.05) is 6.61 Å². The Kier molecular flexibility index (Phi) is 9.40. The fraction of sp³-hybridized carbons (Fsp3) is 0.733. The van der Waals surface area contributed by atoms with Crippen molar-refractivity contribution in [1.29, 1.82) is 0 Å². The largest absolute Gasteiger partial charge is 0.350 e. The van der Waals surface area contributed by atoms with Crippen LogP contribution in [-0.4, -0.2) is 11.7 Å². The fourth-order valence-corrected chi connectivity index (χ4v) is 3.60. The molecule has 0 unspecified atom stereocenters. The molecule has 0 aliphatic heterocycles. The second kappa shape index (κ2) is 9.90. The second-order valence-corrected chi connectivity index (χ2v) is 7.22. The Balaban J connectivity index is 2.21. The Morgan fingerprint density at radius 3 is 1.67 bits per heavy atom. The van der Waals surface area contributed by atoms with Crippen LogP contribution in [0.3, 0.4) is 0 Å². The molecule has 0 aromatic carbocycles. The van der Waals surface area contributed by atoms with Crippen LogP contribution < -0.4 is 0 Å². The molecule has 0 aromatic heterocycles. The van der Waals surface area contributed by atoms with Crippen molar-refractivity contribution in [3.05, 3.63) is 20.1 Å². The molecule has 0 bridgehead atoms. The van der Waals surface area contributed by atoms with Gasteiger partial charge in [0.25, 0.3) is 0 Å². The van der Waals surface area contributed by atoms with Gasteiger partial charge in [0.05, 0.1) is 20.1 Å². The molecule has 0 saturated heterocycles. The lowest BCUT2D eigenvalue weighted by Crippen LogP contribution is -2.25. The highest BCUT2D eigenvalue weighted by molar-refractivity contribution is 6.57. The molecule has 0 radical (unpaired) electrons. The lowest BCUT2D eigenvalue weighted by Gasteiger charge is -2.23. The van der Waals surface area contributed by atoms with Crippen LogP contribution in [0.15, 0.2) is 20.1 Å². The van der Waals surface area contributed by atoms with Crippen LogP contribution in [-0.2, 0) is 4.74 Å². The average molecular weight is 395 g/mol. The van der Waals surface area contributed by atoms with E-state index >= 15 is 0 Å². The molecule has 1 nitrogen and oxygen atoms in total. The van der Waals surface area contributed by atoms with Gasteiger partial charge in [0.2, 0.25) is 5.06 Å². The molecule has 0 aromatic rings. The third-order valence-electron chi connectivity index (χ3n) is 3.44. The summed E-state index contributed by atoms with van der Waals surface area (Å²) in [6.07, 6.45) is 9.73. The third kappa shape index (κ3) is 5.48. The highest BCUT2D eigenvalue weighted by atomic mass is 35.5. The first-order valence-corrected chi connectivity index (χ1v) is 9.28. The molecule has 6 heteroatoms. The first-order chi connectivity index (χ1) is 9.95. The van der Waals surface area contributed by atoms with Crippen LogP contribution in [0.2, 0.25) is 0 Å². The number of halogens is 5. The van der Waals surface area contributed by atoms with E-state index < -0.39 is 5.06 Å². The van der Waals surface area contributed by atoms with Crippen molar-refractivity contribution in [1.82, 2.24) is 0 Å². The second-order valence-electron chi connectivity index (χ2n) is 5.17. The van der Waals surface area contributed by atoms with Crippen LogP contribution >= 0.6 is 58.0 Å². The molecule has 1 aliphatic carbocycles. The maximum Gasteiger partial charge on any atom is 0.217 e. The summed E-state index contributed by atoms with van der Waals surface area (Å²) in [5.74, 6) is 0. The van der Waals surface area contributed by atoms with E-state index in [0.29, 0.717) is 6.61 Å². The maximum atomic E-state index is 6.29. The van der Waals surface area contributed by atoms with Crippen molar-refractivity contribution in [3.8, 4) is 0 Å². The van der Waals surface area contributed by atoms with Crippen LogP contribution in [0.4, 0.5) is 0 Å². The molecule has 1 rings (SSSR count). The van der Waals surface area contributed by atoms with Gasteiger partial charge in [-0.25, -0.2) is 0 Å². The molecular weight excluding hydrogens is 373 g/mol. The van der Waals surface area contributed by atoms with Crippen molar-refractivity contribution in [3.63, 3.8) is 0 Å². The first kappa shape index (κ1) is 19.9. The quantitative estimate of drug-likeness (QED) is 0.276. The topological polar surface area (TPSA) is 9.23 Å². The van der Waals surface area contributed by atoms with Gasteiger partial charge in [-0.2, -0.15) is 0 Å². The predicted molar refractivity (Wildman–Crippen MR) is 94.6 cm³/mol. The number of unbranched alkanes of at least 4 members (excludes halogenated alkanes) is 7. The molecule has 1 aliphatic rings. The molecule has 122 valence electrons. The number of ether oxygens (including phenoxy) is 1. The highest BCUT2D eigenvalue weighted by Gasteiger charge is 2.45. The van der Waals surface area contributed by atoms with E-state index in [1.807, 2.05) is 0 Å². The van der Waals surface area contributed by atoms with Crippen molar-refractivity contribution >= 4 is 58.0 Å². The molecule has 0 saturated carbocycles. The first-order valence-electron chi connectivity index (χ1n) is 7.39. The van der Waals surface area contributed by atoms with Gasteiger partial charge in [-0.1, -0.05) is 110 Å². The van der Waals surface area contributed by atoms with Gasteiger partial charge in [-0.3, -0.25) is 0 Å². The Hall–Kier alpha value is 0.890. The summed E-state index contributed by atoms with van der Waals surface area (Å²) >= 11 is 30.2. The van der Waals surface area contributed by atoms with Gasteiger partial charge in [0.1, 0.15) is 0 Å². The predicted octanol–water partition coefficient (Wildman–Crippen LogP) is 7.47. The number of allylic oxidation sites excluding steroid dienone is 2. The summed E-state index contributed by atoms with van der Waals surface area (Å²) < 4.78 is 5.62. The van der Waals surface area contributed by atoms with Gasteiger partial charge in [0, 0.05) is 6.61 Å². The minimum atomic E-state index is -1.40. The number of alkyl halides is 1. The maximum absolute atomic E-state index is 6.29. The lowest BCUT2D eigenvalue weighted by atomic mass is 10.1. The smallest absolute Gasteiger partial charge is 0.217 e. The van der Waals surface area contributed by atoms with Crippen LogP contribution in [0.25, 0.3) is 0 Å². The highest BCUT2D eigenvalue weighted by Crippen LogP contribution is 2.52. The van der Waals surface area contributed by atoms with Crippen molar-refractivity contribution in [2.24, 2.45) is 0 Å². The summed E-state index contributed by atoms with van der Waals surface area (Å²) in [5.41, 5.74) is 0. The van der Waals surface area contributed by atoms with E-state index in [-0.39, 0.29) is 20.1 Å². The number of hydrogen-bond acceptors (Lipinski definition) is 1.